The predicted molar refractivity (Wildman–Crippen MR) is 91.8 cm³/mol. The van der Waals surface area contributed by atoms with Crippen LogP contribution in [0.1, 0.15) is 35.9 Å². The number of rotatable bonds is 3. The molecule has 0 spiro atoms. The molecule has 2 heterocycles. The van der Waals surface area contributed by atoms with Gasteiger partial charge in [0.2, 0.25) is 5.91 Å². The summed E-state index contributed by atoms with van der Waals surface area (Å²) < 4.78 is 5.75. The molecule has 3 rings (SSSR count). The van der Waals surface area contributed by atoms with Crippen LogP contribution in [0.15, 0.2) is 39.4 Å². The zero-order chi connectivity index (χ0) is 16.4. The lowest BCUT2D eigenvalue weighted by molar-refractivity contribution is -0.118. The van der Waals surface area contributed by atoms with E-state index >= 15 is 0 Å². The van der Waals surface area contributed by atoms with Gasteiger partial charge in [-0.15, -0.1) is 0 Å². The summed E-state index contributed by atoms with van der Waals surface area (Å²) in [5, 5.41) is 2.81. The second kappa shape index (κ2) is 6.58. The quantitative estimate of drug-likeness (QED) is 0.880. The third kappa shape index (κ3) is 3.32. The molecule has 1 aliphatic heterocycles. The molecular formula is C17H17BrN2O3. The molecule has 0 bridgehead atoms. The van der Waals surface area contributed by atoms with Crippen LogP contribution in [-0.4, -0.2) is 18.4 Å². The highest BCUT2D eigenvalue weighted by molar-refractivity contribution is 9.10. The summed E-state index contributed by atoms with van der Waals surface area (Å²) in [7, 11) is 0. The maximum Gasteiger partial charge on any atom is 0.291 e. The van der Waals surface area contributed by atoms with E-state index in [2.05, 4.69) is 21.2 Å². The molecule has 0 saturated carbocycles. The highest BCUT2D eigenvalue weighted by atomic mass is 79.9. The molecule has 6 heteroatoms. The van der Waals surface area contributed by atoms with Crippen molar-refractivity contribution in [2.45, 2.75) is 26.2 Å². The van der Waals surface area contributed by atoms with Gasteiger partial charge in [0.05, 0.1) is 0 Å². The van der Waals surface area contributed by atoms with Crippen molar-refractivity contribution in [3.8, 4) is 0 Å². The van der Waals surface area contributed by atoms with Crippen LogP contribution >= 0.6 is 15.9 Å². The molecule has 0 atom stereocenters. The average Bonchev–Trinajstić information content (AvgIpc) is 3.00. The first-order valence-corrected chi connectivity index (χ1v) is 8.37. The van der Waals surface area contributed by atoms with Gasteiger partial charge in [0, 0.05) is 24.3 Å². The number of nitrogens with one attached hydrogen (secondary N) is 1. The average molecular weight is 377 g/mol. The second-order valence-corrected chi connectivity index (χ2v) is 6.19. The van der Waals surface area contributed by atoms with Crippen molar-refractivity contribution in [3.05, 3.63) is 46.3 Å². The van der Waals surface area contributed by atoms with E-state index in [0.717, 1.165) is 30.6 Å². The van der Waals surface area contributed by atoms with E-state index in [1.165, 1.54) is 0 Å². The number of halogens is 1. The van der Waals surface area contributed by atoms with Gasteiger partial charge in [0.25, 0.3) is 5.91 Å². The number of fused-ring (bicyclic) bond motifs is 1. The van der Waals surface area contributed by atoms with Crippen LogP contribution in [0.2, 0.25) is 0 Å². The summed E-state index contributed by atoms with van der Waals surface area (Å²) in [6, 6.07) is 8.96. The second-order valence-electron chi connectivity index (χ2n) is 5.40. The number of hydrogen-bond acceptors (Lipinski definition) is 3. The van der Waals surface area contributed by atoms with Crippen molar-refractivity contribution in [2.24, 2.45) is 0 Å². The van der Waals surface area contributed by atoms with E-state index in [-0.39, 0.29) is 17.6 Å². The van der Waals surface area contributed by atoms with E-state index in [1.54, 1.807) is 17.0 Å². The van der Waals surface area contributed by atoms with Crippen LogP contribution in [0.5, 0.6) is 0 Å². The van der Waals surface area contributed by atoms with Gasteiger partial charge in [-0.3, -0.25) is 9.59 Å². The lowest BCUT2D eigenvalue weighted by Gasteiger charge is -2.29. The summed E-state index contributed by atoms with van der Waals surface area (Å²) in [5.74, 6) is 0.0142. The number of aryl methyl sites for hydroxylation is 1. The summed E-state index contributed by atoms with van der Waals surface area (Å²) in [6.45, 7) is 2.58. The lowest BCUT2D eigenvalue weighted by atomic mass is 10.0. The fourth-order valence-corrected chi connectivity index (χ4v) is 3.04. The molecule has 5 nitrogen and oxygen atoms in total. The Balaban J connectivity index is 1.84. The highest BCUT2D eigenvalue weighted by Gasteiger charge is 2.22. The Morgan fingerprint density at radius 3 is 2.83 bits per heavy atom. The van der Waals surface area contributed by atoms with Crippen LogP contribution in [-0.2, 0) is 11.2 Å². The first-order chi connectivity index (χ1) is 11.1. The molecule has 0 unspecified atom stereocenters. The number of carbonyl (C=O) groups excluding carboxylic acids is 2. The number of furan rings is 1. The third-order valence-corrected chi connectivity index (χ3v) is 4.29. The topological polar surface area (TPSA) is 62.6 Å². The van der Waals surface area contributed by atoms with Crippen LogP contribution in [0.25, 0.3) is 0 Å². The number of anilines is 2. The zero-order valence-electron chi connectivity index (χ0n) is 12.8. The van der Waals surface area contributed by atoms with Crippen molar-refractivity contribution in [2.75, 3.05) is 16.8 Å². The van der Waals surface area contributed by atoms with Crippen molar-refractivity contribution in [1.29, 1.82) is 0 Å². The summed E-state index contributed by atoms with van der Waals surface area (Å²) in [5.41, 5.74) is 2.68. The fourth-order valence-electron chi connectivity index (χ4n) is 2.73. The minimum Gasteiger partial charge on any atom is -0.444 e. The molecule has 0 saturated heterocycles. The van der Waals surface area contributed by atoms with Gasteiger partial charge in [-0.1, -0.05) is 13.0 Å². The molecule has 2 aromatic rings. The summed E-state index contributed by atoms with van der Waals surface area (Å²) >= 11 is 3.18. The standard InChI is InChI=1S/C17H17BrN2O3/c1-2-16(21)20-9-3-4-11-5-6-12(10-13(11)20)19-17(22)14-7-8-15(18)23-14/h5-8,10H,2-4,9H2,1H3,(H,19,22). The third-order valence-electron chi connectivity index (χ3n) is 3.86. The van der Waals surface area contributed by atoms with Crippen LogP contribution in [0.3, 0.4) is 0 Å². The number of carbonyl (C=O) groups is 2. The van der Waals surface area contributed by atoms with E-state index < -0.39 is 0 Å². The molecule has 0 radical (unpaired) electrons. The highest BCUT2D eigenvalue weighted by Crippen LogP contribution is 2.30. The minimum atomic E-state index is -0.320. The summed E-state index contributed by atoms with van der Waals surface area (Å²) in [6.07, 6.45) is 2.38. The molecule has 0 aliphatic carbocycles. The van der Waals surface area contributed by atoms with Crippen molar-refractivity contribution in [1.82, 2.24) is 0 Å². The Morgan fingerprint density at radius 1 is 1.30 bits per heavy atom. The SMILES string of the molecule is CCC(=O)N1CCCc2ccc(NC(=O)c3ccc(Br)o3)cc21. The van der Waals surface area contributed by atoms with Crippen molar-refractivity contribution >= 4 is 39.1 Å². The first kappa shape index (κ1) is 15.8. The number of amides is 2. The Morgan fingerprint density at radius 2 is 2.13 bits per heavy atom. The van der Waals surface area contributed by atoms with Crippen LogP contribution < -0.4 is 10.2 Å². The fraction of sp³-hybridized carbons (Fsp3) is 0.294. The van der Waals surface area contributed by atoms with Gasteiger partial charge in [-0.25, -0.2) is 0 Å². The molecule has 2 amide bonds. The van der Waals surface area contributed by atoms with Crippen LogP contribution in [0.4, 0.5) is 11.4 Å². The molecule has 0 fully saturated rings. The summed E-state index contributed by atoms with van der Waals surface area (Å²) in [4.78, 5) is 26.1. The van der Waals surface area contributed by atoms with Gasteiger partial charge in [-0.2, -0.15) is 0 Å². The lowest BCUT2D eigenvalue weighted by Crippen LogP contribution is -2.35. The molecule has 120 valence electrons. The Kier molecular flexibility index (Phi) is 4.52. The van der Waals surface area contributed by atoms with Gasteiger partial charge >= 0.3 is 0 Å². The maximum atomic E-state index is 12.2. The number of hydrogen-bond donors (Lipinski definition) is 1. The van der Waals surface area contributed by atoms with Gasteiger partial charge < -0.3 is 14.6 Å². The maximum absolute atomic E-state index is 12.2. The van der Waals surface area contributed by atoms with Gasteiger partial charge in [0.15, 0.2) is 10.4 Å². The minimum absolute atomic E-state index is 0.101. The van der Waals surface area contributed by atoms with Crippen molar-refractivity contribution in [3.63, 3.8) is 0 Å². The van der Waals surface area contributed by atoms with E-state index in [0.29, 0.717) is 16.8 Å². The van der Waals surface area contributed by atoms with E-state index in [9.17, 15) is 9.59 Å². The predicted octanol–water partition coefficient (Wildman–Crippen LogP) is 3.98. The van der Waals surface area contributed by atoms with Gasteiger partial charge in [-0.05, 0) is 58.6 Å². The molecule has 1 aliphatic rings. The largest absolute Gasteiger partial charge is 0.444 e. The van der Waals surface area contributed by atoms with Gasteiger partial charge in [0.1, 0.15) is 0 Å². The Bertz CT molecular complexity index is 754. The Labute approximate surface area is 142 Å². The van der Waals surface area contributed by atoms with E-state index in [4.69, 9.17) is 4.42 Å². The molecule has 1 aromatic heterocycles. The number of benzene rings is 1. The zero-order valence-corrected chi connectivity index (χ0v) is 14.4. The molecule has 1 aromatic carbocycles. The molecule has 1 N–H and O–H groups in total. The monoisotopic (exact) mass is 376 g/mol. The molecule has 23 heavy (non-hydrogen) atoms. The van der Waals surface area contributed by atoms with E-state index in [1.807, 2.05) is 25.1 Å². The smallest absolute Gasteiger partial charge is 0.291 e. The first-order valence-electron chi connectivity index (χ1n) is 7.58. The Hall–Kier alpha value is -2.08. The molecular weight excluding hydrogens is 360 g/mol. The normalized spacial score (nSPS) is 13.6. The number of nitrogens with zero attached hydrogens (tertiary/aromatic N) is 1. The van der Waals surface area contributed by atoms with Crippen LogP contribution in [0, 0.1) is 0 Å². The van der Waals surface area contributed by atoms with Crippen molar-refractivity contribution < 1.29 is 14.0 Å².